The van der Waals surface area contributed by atoms with Crippen molar-refractivity contribution in [2.45, 2.75) is 6.92 Å². The maximum Gasteiger partial charge on any atom is 0.343 e. The van der Waals surface area contributed by atoms with Gasteiger partial charge in [-0.2, -0.15) is 5.10 Å². The molecule has 0 aromatic heterocycles. The van der Waals surface area contributed by atoms with Crippen molar-refractivity contribution in [3.63, 3.8) is 0 Å². The second-order valence-electron chi connectivity index (χ2n) is 6.77. The highest BCUT2D eigenvalue weighted by molar-refractivity contribution is 6.39. The van der Waals surface area contributed by atoms with E-state index < -0.39 is 17.8 Å². The molecule has 0 radical (unpaired) electrons. The van der Waals surface area contributed by atoms with E-state index in [1.807, 2.05) is 6.92 Å². The fourth-order valence-electron chi connectivity index (χ4n) is 2.78. The number of benzene rings is 3. The van der Waals surface area contributed by atoms with Gasteiger partial charge in [0.1, 0.15) is 17.2 Å². The van der Waals surface area contributed by atoms with Gasteiger partial charge in [-0.3, -0.25) is 9.59 Å². The van der Waals surface area contributed by atoms with Gasteiger partial charge in [0, 0.05) is 0 Å². The Morgan fingerprint density at radius 1 is 0.912 bits per heavy atom. The van der Waals surface area contributed by atoms with Crippen molar-refractivity contribution in [1.29, 1.82) is 0 Å². The number of hydrogen-bond acceptors (Lipinski definition) is 7. The van der Waals surface area contributed by atoms with Crippen LogP contribution in [0.5, 0.6) is 17.2 Å². The summed E-state index contributed by atoms with van der Waals surface area (Å²) in [6, 6.07) is 19.9. The van der Waals surface area contributed by atoms with Crippen LogP contribution in [0, 0.1) is 0 Å². The number of ether oxygens (including phenoxy) is 3. The molecule has 9 nitrogen and oxygen atoms in total. The van der Waals surface area contributed by atoms with Crippen LogP contribution in [0.3, 0.4) is 0 Å². The maximum atomic E-state index is 12.3. The van der Waals surface area contributed by atoms with Gasteiger partial charge < -0.3 is 19.5 Å². The van der Waals surface area contributed by atoms with E-state index in [0.717, 1.165) is 0 Å². The van der Waals surface area contributed by atoms with Gasteiger partial charge in [-0.15, -0.1) is 0 Å². The van der Waals surface area contributed by atoms with Crippen LogP contribution in [0.15, 0.2) is 77.9 Å². The lowest BCUT2D eigenvalue weighted by Crippen LogP contribution is -2.32. The first-order chi connectivity index (χ1) is 16.5. The van der Waals surface area contributed by atoms with Crippen molar-refractivity contribution in [1.82, 2.24) is 5.43 Å². The van der Waals surface area contributed by atoms with E-state index in [9.17, 15) is 14.4 Å². The van der Waals surface area contributed by atoms with E-state index in [2.05, 4.69) is 15.8 Å². The van der Waals surface area contributed by atoms with Crippen LogP contribution in [0.25, 0.3) is 0 Å². The average molecular weight is 461 g/mol. The SMILES string of the molecule is CCOc1ccccc1NC(=O)C(=O)N/N=C/c1ccc(OC(=O)c2cccc(OC)c2)cc1. The number of amides is 2. The van der Waals surface area contributed by atoms with E-state index >= 15 is 0 Å². The first kappa shape index (κ1) is 24.0. The lowest BCUT2D eigenvalue weighted by molar-refractivity contribution is -0.136. The average Bonchev–Trinajstić information content (AvgIpc) is 2.86. The zero-order valence-electron chi connectivity index (χ0n) is 18.6. The summed E-state index contributed by atoms with van der Waals surface area (Å²) < 4.78 is 15.9. The van der Waals surface area contributed by atoms with Gasteiger partial charge in [0.05, 0.1) is 31.2 Å². The first-order valence-electron chi connectivity index (χ1n) is 10.3. The molecule has 0 bridgehead atoms. The number of rotatable bonds is 8. The maximum absolute atomic E-state index is 12.3. The fourth-order valence-corrected chi connectivity index (χ4v) is 2.78. The number of nitrogens with zero attached hydrogens (tertiary/aromatic N) is 1. The molecule has 0 spiro atoms. The number of esters is 1. The summed E-state index contributed by atoms with van der Waals surface area (Å²) in [5, 5.41) is 6.27. The normalized spacial score (nSPS) is 10.4. The quantitative estimate of drug-likeness (QED) is 0.175. The fraction of sp³-hybridized carbons (Fsp3) is 0.120. The number of hydrazone groups is 1. The van der Waals surface area contributed by atoms with Crippen molar-refractivity contribution in [3.8, 4) is 17.2 Å². The number of methoxy groups -OCH3 is 1. The first-order valence-corrected chi connectivity index (χ1v) is 10.3. The molecular formula is C25H23N3O6. The molecule has 3 rings (SSSR count). The highest BCUT2D eigenvalue weighted by Gasteiger charge is 2.15. The lowest BCUT2D eigenvalue weighted by atomic mass is 10.2. The van der Waals surface area contributed by atoms with Crippen LogP contribution in [0.2, 0.25) is 0 Å². The predicted molar refractivity (Wildman–Crippen MR) is 126 cm³/mol. The zero-order chi connectivity index (χ0) is 24.3. The number of carbonyl (C=O) groups excluding carboxylic acids is 3. The van der Waals surface area contributed by atoms with Gasteiger partial charge in [-0.25, -0.2) is 10.2 Å². The number of nitrogens with one attached hydrogen (secondary N) is 2. The molecule has 0 atom stereocenters. The summed E-state index contributed by atoms with van der Waals surface area (Å²) in [5.41, 5.74) is 3.51. The Labute approximate surface area is 196 Å². The molecule has 3 aromatic carbocycles. The van der Waals surface area contributed by atoms with Crippen LogP contribution in [-0.4, -0.2) is 37.7 Å². The molecule has 2 N–H and O–H groups in total. The molecule has 0 unspecified atom stereocenters. The number of anilines is 1. The third-order valence-electron chi connectivity index (χ3n) is 4.42. The number of hydrogen-bond donors (Lipinski definition) is 2. The highest BCUT2D eigenvalue weighted by Crippen LogP contribution is 2.23. The third kappa shape index (κ3) is 6.67. The summed E-state index contributed by atoms with van der Waals surface area (Å²) in [5.74, 6) is -1.00. The lowest BCUT2D eigenvalue weighted by Gasteiger charge is -2.10. The van der Waals surface area contributed by atoms with Gasteiger partial charge in [0.2, 0.25) is 0 Å². The molecule has 3 aromatic rings. The predicted octanol–water partition coefficient (Wildman–Crippen LogP) is 3.40. The van der Waals surface area contributed by atoms with Crippen molar-refractivity contribution in [2.24, 2.45) is 5.10 Å². The van der Waals surface area contributed by atoms with Crippen LogP contribution in [0.1, 0.15) is 22.8 Å². The van der Waals surface area contributed by atoms with Crippen molar-refractivity contribution in [2.75, 3.05) is 19.0 Å². The van der Waals surface area contributed by atoms with E-state index in [4.69, 9.17) is 14.2 Å². The Morgan fingerprint density at radius 2 is 1.68 bits per heavy atom. The van der Waals surface area contributed by atoms with Crippen LogP contribution >= 0.6 is 0 Å². The molecular weight excluding hydrogens is 438 g/mol. The summed E-state index contributed by atoms with van der Waals surface area (Å²) >= 11 is 0. The smallest absolute Gasteiger partial charge is 0.343 e. The van der Waals surface area contributed by atoms with Gasteiger partial charge in [0.15, 0.2) is 0 Å². The minimum absolute atomic E-state index is 0.335. The molecule has 0 aliphatic rings. The molecule has 9 heteroatoms. The minimum atomic E-state index is -0.939. The monoisotopic (exact) mass is 461 g/mol. The summed E-state index contributed by atoms with van der Waals surface area (Å²) in [7, 11) is 1.52. The summed E-state index contributed by atoms with van der Waals surface area (Å²) in [4.78, 5) is 36.4. The molecule has 174 valence electrons. The molecule has 2 amide bonds. The second kappa shape index (κ2) is 11.8. The van der Waals surface area contributed by atoms with Crippen molar-refractivity contribution < 1.29 is 28.6 Å². The largest absolute Gasteiger partial charge is 0.497 e. The van der Waals surface area contributed by atoms with E-state index in [0.29, 0.717) is 40.7 Å². The van der Waals surface area contributed by atoms with E-state index in [-0.39, 0.29) is 0 Å². The molecule has 0 aliphatic carbocycles. The van der Waals surface area contributed by atoms with E-state index in [1.165, 1.54) is 13.3 Å². The molecule has 0 saturated heterocycles. The molecule has 34 heavy (non-hydrogen) atoms. The summed E-state index contributed by atoms with van der Waals surface area (Å²) in [6.07, 6.45) is 1.35. The molecule has 0 fully saturated rings. The minimum Gasteiger partial charge on any atom is -0.497 e. The van der Waals surface area contributed by atoms with Gasteiger partial charge in [-0.1, -0.05) is 18.2 Å². The van der Waals surface area contributed by atoms with Crippen molar-refractivity contribution >= 4 is 29.7 Å². The Bertz CT molecular complexity index is 1190. The number of carbonyl (C=O) groups is 3. The number of para-hydroxylation sites is 2. The molecule has 0 heterocycles. The Balaban J connectivity index is 1.52. The van der Waals surface area contributed by atoms with Crippen LogP contribution in [-0.2, 0) is 9.59 Å². The topological polar surface area (TPSA) is 115 Å². The van der Waals surface area contributed by atoms with Crippen LogP contribution < -0.4 is 25.0 Å². The van der Waals surface area contributed by atoms with Gasteiger partial charge in [-0.05, 0) is 67.1 Å². The second-order valence-corrected chi connectivity index (χ2v) is 6.77. The van der Waals surface area contributed by atoms with Gasteiger partial charge >= 0.3 is 17.8 Å². The summed E-state index contributed by atoms with van der Waals surface area (Å²) in [6.45, 7) is 2.24. The van der Waals surface area contributed by atoms with Crippen LogP contribution in [0.4, 0.5) is 5.69 Å². The zero-order valence-corrected chi connectivity index (χ0v) is 18.6. The molecule has 0 aliphatic heterocycles. The highest BCUT2D eigenvalue weighted by atomic mass is 16.5. The van der Waals surface area contributed by atoms with E-state index in [1.54, 1.807) is 72.8 Å². The Morgan fingerprint density at radius 3 is 2.41 bits per heavy atom. The van der Waals surface area contributed by atoms with Crippen molar-refractivity contribution in [3.05, 3.63) is 83.9 Å². The standard InChI is InChI=1S/C25H23N3O6/c1-3-33-22-10-5-4-9-21(22)27-23(29)24(30)28-26-16-17-11-13-19(14-12-17)34-25(31)18-7-6-8-20(15-18)32-2/h4-16H,3H2,1-2H3,(H,27,29)(H,28,30)/b26-16+. The Kier molecular flexibility index (Phi) is 8.34. The Hall–Kier alpha value is -4.66. The molecule has 0 saturated carbocycles. The van der Waals surface area contributed by atoms with Gasteiger partial charge in [0.25, 0.3) is 0 Å². The third-order valence-corrected chi connectivity index (χ3v) is 4.42.